The number of aliphatic hydroxyl groups excluding tert-OH is 1. The van der Waals surface area contributed by atoms with Crippen molar-refractivity contribution in [3.05, 3.63) is 28.2 Å². The standard InChI is InChI=1S/C16H19Cl2N3OS/c17-11-6-7-13(14(18)10-11)15-19-20-16(23-9-8-22)21(15)12-4-2-1-3-5-12/h6-7,10,12,22H,1-5,8-9H2. The van der Waals surface area contributed by atoms with E-state index < -0.39 is 0 Å². The molecule has 0 radical (unpaired) electrons. The van der Waals surface area contributed by atoms with Crippen LogP contribution in [0.3, 0.4) is 0 Å². The molecule has 0 amide bonds. The Hall–Kier alpha value is -0.750. The van der Waals surface area contributed by atoms with Gasteiger partial charge in [-0.1, -0.05) is 54.2 Å². The largest absolute Gasteiger partial charge is 0.396 e. The second-order valence-corrected chi connectivity index (χ2v) is 7.57. The van der Waals surface area contributed by atoms with Crippen molar-refractivity contribution in [3.8, 4) is 11.4 Å². The highest BCUT2D eigenvalue weighted by Crippen LogP contribution is 2.37. The summed E-state index contributed by atoms with van der Waals surface area (Å²) in [5.74, 6) is 1.40. The molecule has 23 heavy (non-hydrogen) atoms. The van der Waals surface area contributed by atoms with Crippen LogP contribution in [0.25, 0.3) is 11.4 Å². The van der Waals surface area contributed by atoms with Gasteiger partial charge in [-0.05, 0) is 31.0 Å². The summed E-state index contributed by atoms with van der Waals surface area (Å²) in [5, 5.41) is 19.9. The minimum atomic E-state index is 0.124. The average molecular weight is 372 g/mol. The fourth-order valence-corrected chi connectivity index (χ4v) is 4.28. The minimum Gasteiger partial charge on any atom is -0.396 e. The summed E-state index contributed by atoms with van der Waals surface area (Å²) in [4.78, 5) is 0. The molecule has 0 aliphatic heterocycles. The number of aromatic nitrogens is 3. The molecule has 1 aromatic carbocycles. The number of rotatable bonds is 5. The fraction of sp³-hybridized carbons (Fsp3) is 0.500. The second-order valence-electron chi connectivity index (χ2n) is 5.66. The Balaban J connectivity index is 2.03. The molecule has 1 aliphatic rings. The molecule has 1 aromatic heterocycles. The lowest BCUT2D eigenvalue weighted by molar-refractivity contribution is 0.321. The summed E-state index contributed by atoms with van der Waals surface area (Å²) in [7, 11) is 0. The van der Waals surface area contributed by atoms with Crippen LogP contribution in [0.1, 0.15) is 38.1 Å². The number of hydrogen-bond acceptors (Lipinski definition) is 4. The highest BCUT2D eigenvalue weighted by Gasteiger charge is 2.24. The zero-order valence-electron chi connectivity index (χ0n) is 12.7. The highest BCUT2D eigenvalue weighted by atomic mass is 35.5. The Morgan fingerprint density at radius 1 is 1.17 bits per heavy atom. The van der Waals surface area contributed by atoms with E-state index in [4.69, 9.17) is 28.3 Å². The number of halogens is 2. The molecule has 0 spiro atoms. The van der Waals surface area contributed by atoms with E-state index in [1.54, 1.807) is 6.07 Å². The minimum absolute atomic E-state index is 0.124. The van der Waals surface area contributed by atoms with Crippen molar-refractivity contribution in [3.63, 3.8) is 0 Å². The molecule has 1 N–H and O–H groups in total. The van der Waals surface area contributed by atoms with E-state index in [0.717, 1.165) is 29.4 Å². The van der Waals surface area contributed by atoms with Gasteiger partial charge in [-0.2, -0.15) is 0 Å². The van der Waals surface area contributed by atoms with Crippen LogP contribution in [-0.2, 0) is 0 Å². The zero-order chi connectivity index (χ0) is 16.2. The Morgan fingerprint density at radius 2 is 1.96 bits per heavy atom. The third-order valence-electron chi connectivity index (χ3n) is 4.10. The van der Waals surface area contributed by atoms with Crippen LogP contribution in [0.4, 0.5) is 0 Å². The number of nitrogens with zero attached hydrogens (tertiary/aromatic N) is 3. The van der Waals surface area contributed by atoms with Gasteiger partial charge in [0.15, 0.2) is 11.0 Å². The third kappa shape index (κ3) is 3.85. The number of thioether (sulfide) groups is 1. The maximum atomic E-state index is 9.11. The fourth-order valence-electron chi connectivity index (χ4n) is 3.04. The molecular formula is C16H19Cl2N3OS. The van der Waals surface area contributed by atoms with E-state index in [0.29, 0.717) is 21.8 Å². The lowest BCUT2D eigenvalue weighted by atomic mass is 9.95. The van der Waals surface area contributed by atoms with Crippen LogP contribution in [0.5, 0.6) is 0 Å². The predicted molar refractivity (Wildman–Crippen MR) is 95.4 cm³/mol. The molecule has 1 heterocycles. The van der Waals surface area contributed by atoms with Crippen molar-refractivity contribution >= 4 is 35.0 Å². The zero-order valence-corrected chi connectivity index (χ0v) is 15.0. The van der Waals surface area contributed by atoms with E-state index in [9.17, 15) is 0 Å². The van der Waals surface area contributed by atoms with Crippen molar-refractivity contribution in [2.24, 2.45) is 0 Å². The summed E-state index contributed by atoms with van der Waals surface area (Å²) in [6.45, 7) is 0.124. The highest BCUT2D eigenvalue weighted by molar-refractivity contribution is 7.99. The normalized spacial score (nSPS) is 16.0. The molecule has 1 aliphatic carbocycles. The first-order valence-corrected chi connectivity index (χ1v) is 9.59. The second kappa shape index (κ2) is 7.88. The molecule has 124 valence electrons. The van der Waals surface area contributed by atoms with Crippen molar-refractivity contribution in [2.75, 3.05) is 12.4 Å². The first-order chi connectivity index (χ1) is 11.2. The van der Waals surface area contributed by atoms with Gasteiger partial charge in [-0.25, -0.2) is 0 Å². The van der Waals surface area contributed by atoms with Crippen LogP contribution < -0.4 is 0 Å². The monoisotopic (exact) mass is 371 g/mol. The lowest BCUT2D eigenvalue weighted by Crippen LogP contribution is -2.15. The maximum Gasteiger partial charge on any atom is 0.191 e. The molecule has 3 rings (SSSR count). The van der Waals surface area contributed by atoms with Crippen LogP contribution in [0.2, 0.25) is 10.0 Å². The summed E-state index contributed by atoms with van der Waals surface area (Å²) >= 11 is 13.9. The maximum absolute atomic E-state index is 9.11. The van der Waals surface area contributed by atoms with E-state index in [1.165, 1.54) is 31.0 Å². The summed E-state index contributed by atoms with van der Waals surface area (Å²) in [6, 6.07) is 5.85. The number of benzene rings is 1. The van der Waals surface area contributed by atoms with Gasteiger partial charge in [0.1, 0.15) is 0 Å². The molecule has 0 saturated heterocycles. The topological polar surface area (TPSA) is 50.9 Å². The van der Waals surface area contributed by atoms with Gasteiger partial charge in [-0.15, -0.1) is 10.2 Å². The Kier molecular flexibility index (Phi) is 5.85. The van der Waals surface area contributed by atoms with Gasteiger partial charge >= 0.3 is 0 Å². The molecule has 7 heteroatoms. The molecule has 1 fully saturated rings. The smallest absolute Gasteiger partial charge is 0.191 e. The quantitative estimate of drug-likeness (QED) is 0.763. The number of hydrogen-bond donors (Lipinski definition) is 1. The lowest BCUT2D eigenvalue weighted by Gasteiger charge is -2.25. The van der Waals surface area contributed by atoms with Crippen LogP contribution in [0, 0.1) is 0 Å². The van der Waals surface area contributed by atoms with Crippen molar-refractivity contribution in [1.82, 2.24) is 14.8 Å². The summed E-state index contributed by atoms with van der Waals surface area (Å²) in [6.07, 6.45) is 5.99. The van der Waals surface area contributed by atoms with Gasteiger partial charge in [0.25, 0.3) is 0 Å². The molecular weight excluding hydrogens is 353 g/mol. The van der Waals surface area contributed by atoms with Gasteiger partial charge in [0, 0.05) is 22.4 Å². The number of aliphatic hydroxyl groups is 1. The predicted octanol–water partition coefficient (Wildman–Crippen LogP) is 4.84. The van der Waals surface area contributed by atoms with Gasteiger partial charge < -0.3 is 5.11 Å². The molecule has 4 nitrogen and oxygen atoms in total. The van der Waals surface area contributed by atoms with E-state index >= 15 is 0 Å². The van der Waals surface area contributed by atoms with Gasteiger partial charge in [0.2, 0.25) is 0 Å². The van der Waals surface area contributed by atoms with Crippen LogP contribution in [0.15, 0.2) is 23.4 Å². The van der Waals surface area contributed by atoms with Crippen molar-refractivity contribution in [2.45, 2.75) is 43.3 Å². The van der Waals surface area contributed by atoms with Crippen molar-refractivity contribution < 1.29 is 5.11 Å². The molecule has 0 unspecified atom stereocenters. The van der Waals surface area contributed by atoms with E-state index in [2.05, 4.69) is 14.8 Å². The Labute approximate surface area is 150 Å². The SMILES string of the molecule is OCCSc1nnc(-c2ccc(Cl)cc2Cl)n1C1CCCCC1. The first kappa shape index (κ1) is 17.1. The van der Waals surface area contributed by atoms with Gasteiger partial charge in [-0.3, -0.25) is 4.57 Å². The Bertz CT molecular complexity index is 671. The van der Waals surface area contributed by atoms with Gasteiger partial charge in [0.05, 0.1) is 11.6 Å². The van der Waals surface area contributed by atoms with Crippen LogP contribution >= 0.6 is 35.0 Å². The molecule has 0 bridgehead atoms. The molecule has 2 aromatic rings. The molecule has 0 atom stereocenters. The van der Waals surface area contributed by atoms with E-state index in [1.807, 2.05) is 12.1 Å². The molecule has 1 saturated carbocycles. The average Bonchev–Trinajstić information content (AvgIpc) is 2.97. The Morgan fingerprint density at radius 3 is 2.65 bits per heavy atom. The summed E-state index contributed by atoms with van der Waals surface area (Å²) in [5.41, 5.74) is 0.852. The first-order valence-electron chi connectivity index (χ1n) is 7.84. The van der Waals surface area contributed by atoms with Crippen molar-refractivity contribution in [1.29, 1.82) is 0 Å². The third-order valence-corrected chi connectivity index (χ3v) is 5.57. The summed E-state index contributed by atoms with van der Waals surface area (Å²) < 4.78 is 2.20. The van der Waals surface area contributed by atoms with Crippen LogP contribution in [-0.4, -0.2) is 32.2 Å². The van der Waals surface area contributed by atoms with E-state index in [-0.39, 0.29) is 6.61 Å².